The van der Waals surface area contributed by atoms with E-state index in [1.807, 2.05) is 30.3 Å². The van der Waals surface area contributed by atoms with Crippen LogP contribution in [0.1, 0.15) is 0 Å². The van der Waals surface area contributed by atoms with Gasteiger partial charge in [0, 0.05) is 0 Å². The third kappa shape index (κ3) is 6.96. The third-order valence-corrected chi connectivity index (χ3v) is 6.47. The Kier molecular flexibility index (Phi) is 10.5. The van der Waals surface area contributed by atoms with E-state index in [0.717, 1.165) is 15.5 Å². The Morgan fingerprint density at radius 3 is 1.84 bits per heavy atom. The number of aromatic nitrogens is 6. The number of hydrogen-bond acceptors (Lipinski definition) is 12. The fourth-order valence-electron chi connectivity index (χ4n) is 4.34. The molecule has 0 bridgehead atoms. The van der Waals surface area contributed by atoms with Crippen molar-refractivity contribution in [1.82, 2.24) is 24.9 Å². The Bertz CT molecular complexity index is 2000. The topological polar surface area (TPSA) is 164 Å². The first-order chi connectivity index (χ1) is 21.8. The highest BCUT2D eigenvalue weighted by atomic mass is 35.5. The lowest BCUT2D eigenvalue weighted by Crippen LogP contribution is -2.31. The van der Waals surface area contributed by atoms with Crippen molar-refractivity contribution in [2.45, 2.75) is 0 Å². The van der Waals surface area contributed by atoms with Gasteiger partial charge in [0.1, 0.15) is 22.4 Å². The molecule has 0 amide bonds. The molecule has 0 spiro atoms. The molecule has 0 unspecified atom stereocenters. The zero-order chi connectivity index (χ0) is 32.5. The number of methoxy groups -OCH3 is 6. The molecule has 6 rings (SSSR count). The summed E-state index contributed by atoms with van der Waals surface area (Å²) < 4.78 is 31.6. The number of aromatic amines is 1. The van der Waals surface area contributed by atoms with E-state index in [1.54, 1.807) is 45.6 Å². The Balaban J connectivity index is 0.000000154. The van der Waals surface area contributed by atoms with Gasteiger partial charge in [0.15, 0.2) is 5.75 Å². The first-order valence-corrected chi connectivity index (χ1v) is 13.4. The fourth-order valence-corrected chi connectivity index (χ4v) is 4.50. The van der Waals surface area contributed by atoms with Crippen LogP contribution in [0.25, 0.3) is 32.7 Å². The summed E-state index contributed by atoms with van der Waals surface area (Å²) in [6.07, 6.45) is 1.27. The van der Waals surface area contributed by atoms with E-state index in [9.17, 15) is 10.0 Å². The van der Waals surface area contributed by atoms with Gasteiger partial charge in [-0.05, 0) is 57.7 Å². The predicted molar refractivity (Wildman–Crippen MR) is 165 cm³/mol. The molecule has 0 aliphatic carbocycles. The van der Waals surface area contributed by atoms with Gasteiger partial charge in [-0.15, -0.1) is 0 Å². The summed E-state index contributed by atoms with van der Waals surface area (Å²) in [7, 11) is 9.21. The highest BCUT2D eigenvalue weighted by Gasteiger charge is 2.18. The Morgan fingerprint density at radius 2 is 1.22 bits per heavy atom. The number of para-hydroxylation sites is 3. The van der Waals surface area contributed by atoms with Gasteiger partial charge in [-0.2, -0.15) is 9.97 Å². The lowest BCUT2D eigenvalue weighted by molar-refractivity contribution is -0.886. The molecular formula is C30H30ClN6O8+. The van der Waals surface area contributed by atoms with Crippen LogP contribution in [0, 0.1) is 0 Å². The molecule has 15 heteroatoms. The van der Waals surface area contributed by atoms with Crippen LogP contribution in [0.5, 0.6) is 34.9 Å². The molecule has 0 radical (unpaired) electrons. The van der Waals surface area contributed by atoms with Crippen LogP contribution >= 0.6 is 11.6 Å². The number of hydrogen-bond donors (Lipinski definition) is 2. The van der Waals surface area contributed by atoms with Gasteiger partial charge in [0.25, 0.3) is 0 Å². The van der Waals surface area contributed by atoms with Crippen LogP contribution < -0.4 is 38.8 Å². The summed E-state index contributed by atoms with van der Waals surface area (Å²) in [5.74, 6) is 3.00. The van der Waals surface area contributed by atoms with Gasteiger partial charge >= 0.3 is 17.9 Å². The lowest BCUT2D eigenvalue weighted by Gasteiger charge is -2.07. The van der Waals surface area contributed by atoms with Crippen LogP contribution in [-0.4, -0.2) is 72.8 Å². The number of ether oxygens (including phenoxy) is 6. The Hall–Kier alpha value is -5.63. The van der Waals surface area contributed by atoms with E-state index in [-0.39, 0.29) is 5.28 Å². The third-order valence-electron chi connectivity index (χ3n) is 6.30. The molecule has 45 heavy (non-hydrogen) atoms. The molecule has 3 heterocycles. The van der Waals surface area contributed by atoms with Crippen molar-refractivity contribution in [2.75, 3.05) is 42.7 Å². The number of nitrogens with one attached hydrogen (secondary N) is 1. The molecule has 0 aliphatic rings. The smallest absolute Gasteiger partial charge is 0.348 e. The van der Waals surface area contributed by atoms with E-state index in [1.165, 1.54) is 27.7 Å². The van der Waals surface area contributed by atoms with Gasteiger partial charge in [-0.1, -0.05) is 18.2 Å². The minimum atomic E-state index is -0.455. The zero-order valence-electron chi connectivity index (χ0n) is 25.2. The monoisotopic (exact) mass is 637 g/mol. The minimum Gasteiger partial charge on any atom is -0.495 e. The Labute approximate surface area is 261 Å². The molecule has 0 atom stereocenters. The maximum atomic E-state index is 11.2. The minimum absolute atomic E-state index is 0.142. The molecule has 0 saturated heterocycles. The second-order valence-electron chi connectivity index (χ2n) is 8.75. The van der Waals surface area contributed by atoms with Crippen molar-refractivity contribution in [1.29, 1.82) is 0 Å². The van der Waals surface area contributed by atoms with Gasteiger partial charge < -0.3 is 38.6 Å². The van der Waals surface area contributed by atoms with Crippen molar-refractivity contribution in [3.8, 4) is 34.9 Å². The summed E-state index contributed by atoms with van der Waals surface area (Å²) in [4.78, 5) is 29.6. The molecule has 2 N–H and O–H groups in total. The average Bonchev–Trinajstić information content (AvgIpc) is 3.07. The number of halogens is 1. The summed E-state index contributed by atoms with van der Waals surface area (Å²) in [6.45, 7) is 0. The van der Waals surface area contributed by atoms with E-state index in [2.05, 4.69) is 24.9 Å². The maximum absolute atomic E-state index is 11.2. The van der Waals surface area contributed by atoms with Crippen LogP contribution in [0.15, 0.2) is 65.7 Å². The first kappa shape index (κ1) is 32.3. The second kappa shape index (κ2) is 14.7. The molecule has 3 aromatic heterocycles. The molecular weight excluding hydrogens is 608 g/mol. The molecule has 3 aromatic carbocycles. The molecule has 14 nitrogen and oxygen atoms in total. The summed E-state index contributed by atoms with van der Waals surface area (Å²) in [6, 6.07) is 16.3. The summed E-state index contributed by atoms with van der Waals surface area (Å²) in [5, 5.41) is 12.0. The van der Waals surface area contributed by atoms with E-state index in [4.69, 9.17) is 40.0 Å². The van der Waals surface area contributed by atoms with Gasteiger partial charge in [-0.25, -0.2) is 9.78 Å². The summed E-state index contributed by atoms with van der Waals surface area (Å²) >= 11 is 5.77. The lowest BCUT2D eigenvalue weighted by atomic mass is 10.2. The molecule has 0 saturated carbocycles. The van der Waals surface area contributed by atoms with Crippen molar-refractivity contribution >= 4 is 44.3 Å². The van der Waals surface area contributed by atoms with Crippen LogP contribution in [0.2, 0.25) is 5.28 Å². The van der Waals surface area contributed by atoms with E-state index in [0.29, 0.717) is 56.8 Å². The SMILES string of the molecule is COc1nc(=O)[nH]c2c(OC)cccc12.COc1nc(Cl)nc2c(OC)cccc12.COc1nc[n+](O)c2c(OC)cccc12. The summed E-state index contributed by atoms with van der Waals surface area (Å²) in [5.41, 5.74) is 1.32. The average molecular weight is 638 g/mol. The number of H-pyrrole nitrogens is 1. The van der Waals surface area contributed by atoms with Crippen LogP contribution in [0.4, 0.5) is 0 Å². The number of nitrogens with zero attached hydrogens (tertiary/aromatic N) is 5. The predicted octanol–water partition coefficient (Wildman–Crippen LogP) is 4.02. The van der Waals surface area contributed by atoms with E-state index >= 15 is 0 Å². The van der Waals surface area contributed by atoms with Crippen molar-refractivity contribution in [3.63, 3.8) is 0 Å². The highest BCUT2D eigenvalue weighted by molar-refractivity contribution is 6.28. The van der Waals surface area contributed by atoms with E-state index < -0.39 is 5.69 Å². The van der Waals surface area contributed by atoms with Gasteiger partial charge in [0.05, 0.1) is 58.9 Å². The quantitative estimate of drug-likeness (QED) is 0.153. The molecule has 6 aromatic rings. The zero-order valence-corrected chi connectivity index (χ0v) is 25.9. The highest BCUT2D eigenvalue weighted by Crippen LogP contribution is 2.30. The fraction of sp³-hybridized carbons (Fsp3) is 0.200. The van der Waals surface area contributed by atoms with Crippen molar-refractivity contribution in [3.05, 3.63) is 76.7 Å². The van der Waals surface area contributed by atoms with Gasteiger partial charge in [-0.3, -0.25) is 0 Å². The standard InChI is InChI=1S/C10H9ClN2O2.C10H11N2O3.C10H10N2O3/c1-14-7-5-3-4-6-8(7)12-10(11)13-9(6)15-2;1-14-8-5-3-4-7-9(8)12(13)6-11-10(7)15-2;1-14-7-5-3-4-6-8(7)11-10(13)12-9(6)15-2/h3-5H,1-2H3;3-6,13H,1-2H3;3-5H,1-2H3,(H,11,12,13)/q;+1;. The van der Waals surface area contributed by atoms with Crippen molar-refractivity contribution in [2.24, 2.45) is 0 Å². The maximum Gasteiger partial charge on any atom is 0.348 e. The number of fused-ring (bicyclic) bond motifs is 3. The second-order valence-corrected chi connectivity index (χ2v) is 9.09. The van der Waals surface area contributed by atoms with Crippen LogP contribution in [0.3, 0.4) is 0 Å². The first-order valence-electron chi connectivity index (χ1n) is 13.1. The largest absolute Gasteiger partial charge is 0.495 e. The number of benzene rings is 3. The van der Waals surface area contributed by atoms with Crippen molar-refractivity contribution < 1.29 is 38.4 Å². The molecule has 234 valence electrons. The molecule has 0 aliphatic heterocycles. The molecule has 0 fully saturated rings. The van der Waals surface area contributed by atoms with Gasteiger partial charge in [0.2, 0.25) is 22.6 Å². The van der Waals surface area contributed by atoms with Crippen LogP contribution in [-0.2, 0) is 0 Å². The Morgan fingerprint density at radius 1 is 0.667 bits per heavy atom. The normalized spacial score (nSPS) is 10.3. The number of rotatable bonds is 6.